The van der Waals surface area contributed by atoms with Crippen LogP contribution in [0.25, 0.3) is 0 Å². The molecule has 1 aromatic rings. The molecule has 7 heteroatoms. The summed E-state index contributed by atoms with van der Waals surface area (Å²) in [7, 11) is 1.29. The average molecular weight is 359 g/mol. The van der Waals surface area contributed by atoms with Gasteiger partial charge in [-0.2, -0.15) is 0 Å². The largest absolute Gasteiger partial charge is 0.467 e. The van der Waals surface area contributed by atoms with Gasteiger partial charge in [0.1, 0.15) is 6.04 Å². The Morgan fingerprint density at radius 1 is 1.31 bits per heavy atom. The summed E-state index contributed by atoms with van der Waals surface area (Å²) in [4.78, 5) is 40.5. The maximum Gasteiger partial charge on any atom is 0.328 e. The zero-order valence-electron chi connectivity index (χ0n) is 15.4. The van der Waals surface area contributed by atoms with E-state index in [0.717, 1.165) is 5.56 Å². The van der Waals surface area contributed by atoms with Crippen LogP contribution in [-0.4, -0.2) is 52.4 Å². The van der Waals surface area contributed by atoms with Gasteiger partial charge in [-0.3, -0.25) is 14.5 Å². The number of amides is 2. The van der Waals surface area contributed by atoms with Crippen molar-refractivity contribution >= 4 is 17.8 Å². The zero-order chi connectivity index (χ0) is 19.1. The molecule has 2 atom stereocenters. The van der Waals surface area contributed by atoms with Crippen molar-refractivity contribution in [1.29, 1.82) is 0 Å². The van der Waals surface area contributed by atoms with Gasteiger partial charge < -0.3 is 15.4 Å². The van der Waals surface area contributed by atoms with E-state index in [-0.39, 0.29) is 24.8 Å². The fourth-order valence-corrected chi connectivity index (χ4v) is 4.19. The second kappa shape index (κ2) is 6.72. The Kier molecular flexibility index (Phi) is 4.75. The summed E-state index contributed by atoms with van der Waals surface area (Å²) >= 11 is 0. The van der Waals surface area contributed by atoms with Gasteiger partial charge in [0.15, 0.2) is 0 Å². The normalized spacial score (nSPS) is 22.5. The number of hydrogen-bond donors (Lipinski definition) is 1. The summed E-state index contributed by atoms with van der Waals surface area (Å²) < 4.78 is 4.91. The van der Waals surface area contributed by atoms with Gasteiger partial charge in [-0.05, 0) is 37.8 Å². The number of benzene rings is 1. The van der Waals surface area contributed by atoms with Gasteiger partial charge in [0.2, 0.25) is 11.8 Å². The number of fused-ring (bicyclic) bond motifs is 2. The lowest BCUT2D eigenvalue weighted by molar-refractivity contribution is -0.156. The first-order chi connectivity index (χ1) is 12.3. The molecule has 0 radical (unpaired) electrons. The van der Waals surface area contributed by atoms with Gasteiger partial charge in [-0.25, -0.2) is 4.79 Å². The molecule has 2 N–H and O–H groups in total. The first-order valence-corrected chi connectivity index (χ1v) is 8.80. The fourth-order valence-electron chi connectivity index (χ4n) is 4.19. The van der Waals surface area contributed by atoms with Crippen molar-refractivity contribution in [3.05, 3.63) is 35.4 Å². The predicted molar refractivity (Wildman–Crippen MR) is 94.6 cm³/mol. The van der Waals surface area contributed by atoms with Gasteiger partial charge in [0.25, 0.3) is 0 Å². The maximum absolute atomic E-state index is 13.2. The number of methoxy groups -OCH3 is 1. The van der Waals surface area contributed by atoms with Crippen LogP contribution < -0.4 is 5.73 Å². The highest BCUT2D eigenvalue weighted by molar-refractivity contribution is 5.91. The van der Waals surface area contributed by atoms with Crippen LogP contribution >= 0.6 is 0 Å². The van der Waals surface area contributed by atoms with Crippen molar-refractivity contribution < 1.29 is 19.1 Å². The first-order valence-electron chi connectivity index (χ1n) is 8.80. The van der Waals surface area contributed by atoms with Crippen LogP contribution in [0, 0.1) is 0 Å². The molecular weight excluding hydrogens is 334 g/mol. The molecule has 26 heavy (non-hydrogen) atoms. The van der Waals surface area contributed by atoms with E-state index in [1.165, 1.54) is 12.7 Å². The van der Waals surface area contributed by atoms with Crippen molar-refractivity contribution in [1.82, 2.24) is 9.80 Å². The predicted octanol–water partition coefficient (Wildman–Crippen LogP) is 0.799. The summed E-state index contributed by atoms with van der Waals surface area (Å²) in [6.45, 7) is 4.50. The van der Waals surface area contributed by atoms with Crippen LogP contribution in [0.5, 0.6) is 0 Å². The van der Waals surface area contributed by atoms with Crippen molar-refractivity contribution in [3.63, 3.8) is 0 Å². The minimum absolute atomic E-state index is 0.0184. The van der Waals surface area contributed by atoms with Gasteiger partial charge in [-0.15, -0.1) is 0 Å². The van der Waals surface area contributed by atoms with Gasteiger partial charge in [-0.1, -0.05) is 24.3 Å². The summed E-state index contributed by atoms with van der Waals surface area (Å²) in [6.07, 6.45) is 0.786. The maximum atomic E-state index is 13.2. The molecule has 0 saturated carbocycles. The first kappa shape index (κ1) is 18.4. The lowest BCUT2D eigenvalue weighted by Gasteiger charge is -2.42. The highest BCUT2D eigenvalue weighted by atomic mass is 16.5. The number of nitrogens with zero attached hydrogens (tertiary/aromatic N) is 2. The zero-order valence-corrected chi connectivity index (χ0v) is 15.4. The van der Waals surface area contributed by atoms with E-state index in [0.29, 0.717) is 13.0 Å². The molecule has 0 aliphatic carbocycles. The standard InChI is InChI=1S/C19H25N3O4/c1-19(2)21-11-13-7-5-4-6-12(13)10-15(21)17(24)22(19)14(18(25)26-3)8-9-16(20)23/h4-7,14-15H,8-11H2,1-3H3,(H2,20,23)/t14-,15-/m0/s1. The van der Waals surface area contributed by atoms with E-state index in [1.807, 2.05) is 32.0 Å². The molecule has 1 fully saturated rings. The quantitative estimate of drug-likeness (QED) is 0.785. The molecule has 140 valence electrons. The number of carbonyl (C=O) groups is 3. The molecule has 2 heterocycles. The number of carbonyl (C=O) groups excluding carboxylic acids is 3. The van der Waals surface area contributed by atoms with E-state index >= 15 is 0 Å². The van der Waals surface area contributed by atoms with Crippen molar-refractivity contribution in [2.45, 2.75) is 57.4 Å². The fraction of sp³-hybridized carbons (Fsp3) is 0.526. The summed E-state index contributed by atoms with van der Waals surface area (Å²) in [5, 5.41) is 0. The Morgan fingerprint density at radius 3 is 2.58 bits per heavy atom. The third-order valence-corrected chi connectivity index (χ3v) is 5.51. The lowest BCUT2D eigenvalue weighted by atomic mass is 9.94. The molecule has 0 aromatic heterocycles. The van der Waals surface area contributed by atoms with Crippen LogP contribution in [0.2, 0.25) is 0 Å². The van der Waals surface area contributed by atoms with Gasteiger partial charge in [0, 0.05) is 13.0 Å². The van der Waals surface area contributed by atoms with E-state index < -0.39 is 23.6 Å². The number of esters is 1. The smallest absolute Gasteiger partial charge is 0.328 e. The second-order valence-electron chi connectivity index (χ2n) is 7.36. The van der Waals surface area contributed by atoms with Crippen LogP contribution in [-0.2, 0) is 32.1 Å². The van der Waals surface area contributed by atoms with Gasteiger partial charge in [0.05, 0.1) is 18.8 Å². The van der Waals surface area contributed by atoms with Gasteiger partial charge >= 0.3 is 5.97 Å². The Labute approximate surface area is 153 Å². The number of nitrogens with two attached hydrogens (primary N) is 1. The molecule has 0 unspecified atom stereocenters. The molecule has 7 nitrogen and oxygen atoms in total. The highest BCUT2D eigenvalue weighted by Gasteiger charge is 2.56. The monoisotopic (exact) mass is 359 g/mol. The van der Waals surface area contributed by atoms with Crippen molar-refractivity contribution in [2.75, 3.05) is 7.11 Å². The molecule has 1 aromatic carbocycles. The summed E-state index contributed by atoms with van der Waals surface area (Å²) in [5.74, 6) is -1.14. The molecule has 0 bridgehead atoms. The third-order valence-electron chi connectivity index (χ3n) is 5.51. The molecule has 0 spiro atoms. The van der Waals surface area contributed by atoms with E-state index in [2.05, 4.69) is 11.0 Å². The Morgan fingerprint density at radius 2 is 1.96 bits per heavy atom. The van der Waals surface area contributed by atoms with Crippen LogP contribution in [0.4, 0.5) is 0 Å². The molecular formula is C19H25N3O4. The van der Waals surface area contributed by atoms with Crippen LogP contribution in [0.15, 0.2) is 24.3 Å². The minimum atomic E-state index is -0.830. The second-order valence-corrected chi connectivity index (χ2v) is 7.36. The Balaban J connectivity index is 1.94. The summed E-state index contributed by atoms with van der Waals surface area (Å²) in [6, 6.07) is 6.93. The average Bonchev–Trinajstić information content (AvgIpc) is 2.80. The number of ether oxygens (including phenoxy) is 1. The highest BCUT2D eigenvalue weighted by Crippen LogP contribution is 2.40. The molecule has 2 aliphatic heterocycles. The SMILES string of the molecule is COC(=O)[C@H](CCC(N)=O)N1C(=O)[C@@H]2Cc3ccccc3CN2C1(C)C. The third kappa shape index (κ3) is 2.96. The Bertz CT molecular complexity index is 746. The summed E-state index contributed by atoms with van der Waals surface area (Å²) in [5.41, 5.74) is 6.93. The van der Waals surface area contributed by atoms with Crippen molar-refractivity contribution in [3.8, 4) is 0 Å². The minimum Gasteiger partial charge on any atom is -0.467 e. The van der Waals surface area contributed by atoms with E-state index in [1.54, 1.807) is 4.90 Å². The number of hydrogen-bond acceptors (Lipinski definition) is 5. The molecule has 1 saturated heterocycles. The molecule has 3 rings (SSSR count). The van der Waals surface area contributed by atoms with Crippen LogP contribution in [0.1, 0.15) is 37.8 Å². The number of rotatable bonds is 5. The van der Waals surface area contributed by atoms with Crippen LogP contribution in [0.3, 0.4) is 0 Å². The van der Waals surface area contributed by atoms with Crippen molar-refractivity contribution in [2.24, 2.45) is 5.73 Å². The number of primary amides is 1. The molecule has 2 aliphatic rings. The molecule has 2 amide bonds. The van der Waals surface area contributed by atoms with E-state index in [4.69, 9.17) is 10.5 Å². The lowest BCUT2D eigenvalue weighted by Crippen LogP contribution is -2.56. The Hall–Kier alpha value is -2.41. The topological polar surface area (TPSA) is 92.9 Å². The van der Waals surface area contributed by atoms with E-state index in [9.17, 15) is 14.4 Å².